The molecule has 0 radical (unpaired) electrons. The van der Waals surface area contributed by atoms with Crippen LogP contribution in [0, 0.1) is 5.82 Å². The Balaban J connectivity index is 2.25. The molecule has 0 spiro atoms. The SMILES string of the molecule is OCc1ccc(Oc2ccccc2F)cc1Br. The lowest BCUT2D eigenvalue weighted by Crippen LogP contribution is -1.90. The molecule has 0 heterocycles. The van der Waals surface area contributed by atoms with Gasteiger partial charge in [0.2, 0.25) is 0 Å². The normalized spacial score (nSPS) is 10.3. The van der Waals surface area contributed by atoms with E-state index in [-0.39, 0.29) is 12.4 Å². The highest BCUT2D eigenvalue weighted by Gasteiger charge is 2.05. The zero-order valence-electron chi connectivity index (χ0n) is 8.86. The number of ether oxygens (including phenoxy) is 1. The van der Waals surface area contributed by atoms with Gasteiger partial charge in [-0.15, -0.1) is 0 Å². The summed E-state index contributed by atoms with van der Waals surface area (Å²) in [6.07, 6.45) is 0. The number of hydrogen-bond acceptors (Lipinski definition) is 2. The number of benzene rings is 2. The van der Waals surface area contributed by atoms with Crippen molar-refractivity contribution in [2.24, 2.45) is 0 Å². The van der Waals surface area contributed by atoms with Gasteiger partial charge in [-0.25, -0.2) is 4.39 Å². The van der Waals surface area contributed by atoms with E-state index in [0.29, 0.717) is 5.75 Å². The first-order chi connectivity index (χ1) is 8.20. The van der Waals surface area contributed by atoms with E-state index in [2.05, 4.69) is 15.9 Å². The first kappa shape index (κ1) is 12.1. The second-order valence-corrected chi connectivity index (χ2v) is 4.30. The minimum atomic E-state index is -0.408. The molecule has 0 saturated carbocycles. The molecule has 2 aromatic carbocycles. The van der Waals surface area contributed by atoms with Crippen molar-refractivity contribution < 1.29 is 14.2 Å². The van der Waals surface area contributed by atoms with Crippen LogP contribution in [-0.2, 0) is 6.61 Å². The van der Waals surface area contributed by atoms with Gasteiger partial charge in [-0.2, -0.15) is 0 Å². The number of para-hydroxylation sites is 1. The van der Waals surface area contributed by atoms with Crippen molar-refractivity contribution in [2.45, 2.75) is 6.61 Å². The van der Waals surface area contributed by atoms with Crippen LogP contribution < -0.4 is 4.74 Å². The molecular weight excluding hydrogens is 287 g/mol. The summed E-state index contributed by atoms with van der Waals surface area (Å²) in [5.41, 5.74) is 0.755. The van der Waals surface area contributed by atoms with E-state index in [9.17, 15) is 4.39 Å². The lowest BCUT2D eigenvalue weighted by atomic mass is 10.2. The largest absolute Gasteiger partial charge is 0.454 e. The molecular formula is C13H10BrFO2. The fourth-order valence-electron chi connectivity index (χ4n) is 1.37. The Hall–Kier alpha value is -1.39. The summed E-state index contributed by atoms with van der Waals surface area (Å²) in [6, 6.07) is 11.3. The molecule has 0 fully saturated rings. The van der Waals surface area contributed by atoms with E-state index < -0.39 is 5.82 Å². The van der Waals surface area contributed by atoms with Crippen LogP contribution in [0.25, 0.3) is 0 Å². The molecule has 0 aromatic heterocycles. The highest BCUT2D eigenvalue weighted by molar-refractivity contribution is 9.10. The molecule has 0 aliphatic heterocycles. The summed E-state index contributed by atoms with van der Waals surface area (Å²) >= 11 is 3.31. The Morgan fingerprint density at radius 3 is 2.59 bits per heavy atom. The van der Waals surface area contributed by atoms with Crippen LogP contribution in [0.5, 0.6) is 11.5 Å². The molecule has 0 bridgehead atoms. The lowest BCUT2D eigenvalue weighted by molar-refractivity contribution is 0.281. The van der Waals surface area contributed by atoms with Gasteiger partial charge in [-0.3, -0.25) is 0 Å². The maximum absolute atomic E-state index is 13.3. The minimum Gasteiger partial charge on any atom is -0.454 e. The maximum atomic E-state index is 13.3. The summed E-state index contributed by atoms with van der Waals surface area (Å²) in [6.45, 7) is -0.0550. The lowest BCUT2D eigenvalue weighted by Gasteiger charge is -2.08. The zero-order chi connectivity index (χ0) is 12.3. The van der Waals surface area contributed by atoms with Crippen molar-refractivity contribution >= 4 is 15.9 Å². The Morgan fingerprint density at radius 1 is 1.18 bits per heavy atom. The topological polar surface area (TPSA) is 29.5 Å². The Labute approximate surface area is 107 Å². The number of aliphatic hydroxyl groups is 1. The molecule has 88 valence electrons. The van der Waals surface area contributed by atoms with Gasteiger partial charge in [-0.05, 0) is 29.8 Å². The van der Waals surface area contributed by atoms with Crippen molar-refractivity contribution in [2.75, 3.05) is 0 Å². The summed E-state index contributed by atoms with van der Waals surface area (Å²) in [5, 5.41) is 9.01. The second-order valence-electron chi connectivity index (χ2n) is 3.44. The summed E-state index contributed by atoms with van der Waals surface area (Å²) in [4.78, 5) is 0. The van der Waals surface area contributed by atoms with Crippen molar-refractivity contribution in [3.05, 3.63) is 58.3 Å². The van der Waals surface area contributed by atoms with Gasteiger partial charge in [0.05, 0.1) is 6.61 Å². The first-order valence-corrected chi connectivity index (χ1v) is 5.81. The van der Waals surface area contributed by atoms with Gasteiger partial charge in [0.1, 0.15) is 5.75 Å². The number of aliphatic hydroxyl groups excluding tert-OH is 1. The molecule has 4 heteroatoms. The van der Waals surface area contributed by atoms with Crippen LogP contribution in [0.15, 0.2) is 46.9 Å². The second kappa shape index (κ2) is 5.29. The summed E-state index contributed by atoms with van der Waals surface area (Å²) < 4.78 is 19.5. The number of rotatable bonds is 3. The molecule has 0 unspecified atom stereocenters. The Bertz CT molecular complexity index is 529. The maximum Gasteiger partial charge on any atom is 0.165 e. The predicted octanol–water partition coefficient (Wildman–Crippen LogP) is 3.87. The van der Waals surface area contributed by atoms with Gasteiger partial charge < -0.3 is 9.84 Å². The van der Waals surface area contributed by atoms with Gasteiger partial charge in [0.15, 0.2) is 11.6 Å². The van der Waals surface area contributed by atoms with E-state index in [0.717, 1.165) is 10.0 Å². The average molecular weight is 297 g/mol. The van der Waals surface area contributed by atoms with Crippen molar-refractivity contribution in [3.8, 4) is 11.5 Å². The van der Waals surface area contributed by atoms with Crippen LogP contribution in [0.2, 0.25) is 0 Å². The molecule has 0 aliphatic carbocycles. The number of hydrogen-bond donors (Lipinski definition) is 1. The fourth-order valence-corrected chi connectivity index (χ4v) is 1.86. The van der Waals surface area contributed by atoms with Crippen molar-refractivity contribution in [3.63, 3.8) is 0 Å². The van der Waals surface area contributed by atoms with Crippen LogP contribution >= 0.6 is 15.9 Å². The molecule has 0 amide bonds. The smallest absolute Gasteiger partial charge is 0.165 e. The third-order valence-electron chi connectivity index (χ3n) is 2.26. The number of halogens is 2. The van der Waals surface area contributed by atoms with Crippen LogP contribution in [0.4, 0.5) is 4.39 Å². The quantitative estimate of drug-likeness (QED) is 0.931. The fraction of sp³-hybridized carbons (Fsp3) is 0.0769. The Kier molecular flexibility index (Phi) is 3.76. The average Bonchev–Trinajstić information content (AvgIpc) is 2.32. The van der Waals surface area contributed by atoms with E-state index in [1.807, 2.05) is 0 Å². The van der Waals surface area contributed by atoms with Gasteiger partial charge in [-0.1, -0.05) is 34.1 Å². The minimum absolute atomic E-state index is 0.0550. The molecule has 2 nitrogen and oxygen atoms in total. The molecule has 0 saturated heterocycles. The highest BCUT2D eigenvalue weighted by Crippen LogP contribution is 2.28. The van der Waals surface area contributed by atoms with Gasteiger partial charge >= 0.3 is 0 Å². The van der Waals surface area contributed by atoms with Gasteiger partial charge in [0.25, 0.3) is 0 Å². The summed E-state index contributed by atoms with van der Waals surface area (Å²) in [7, 11) is 0. The van der Waals surface area contributed by atoms with E-state index in [1.54, 1.807) is 36.4 Å². The van der Waals surface area contributed by atoms with Gasteiger partial charge in [0, 0.05) is 4.47 Å². The van der Waals surface area contributed by atoms with E-state index in [4.69, 9.17) is 9.84 Å². The third-order valence-corrected chi connectivity index (χ3v) is 3.00. The molecule has 0 atom stereocenters. The zero-order valence-corrected chi connectivity index (χ0v) is 10.4. The summed E-state index contributed by atoms with van der Waals surface area (Å²) in [5.74, 6) is 0.283. The molecule has 0 aliphatic rings. The molecule has 17 heavy (non-hydrogen) atoms. The van der Waals surface area contributed by atoms with Crippen LogP contribution in [0.1, 0.15) is 5.56 Å². The van der Waals surface area contributed by atoms with Crippen molar-refractivity contribution in [1.29, 1.82) is 0 Å². The molecule has 1 N–H and O–H groups in total. The molecule has 2 aromatic rings. The Morgan fingerprint density at radius 2 is 1.94 bits per heavy atom. The standard InChI is InChI=1S/C13H10BrFO2/c14-11-7-10(6-5-9(11)8-16)17-13-4-2-1-3-12(13)15/h1-7,16H,8H2. The highest BCUT2D eigenvalue weighted by atomic mass is 79.9. The van der Waals surface area contributed by atoms with Crippen LogP contribution in [-0.4, -0.2) is 5.11 Å². The van der Waals surface area contributed by atoms with E-state index in [1.165, 1.54) is 6.07 Å². The van der Waals surface area contributed by atoms with E-state index >= 15 is 0 Å². The van der Waals surface area contributed by atoms with Crippen molar-refractivity contribution in [1.82, 2.24) is 0 Å². The van der Waals surface area contributed by atoms with Crippen LogP contribution in [0.3, 0.4) is 0 Å². The third kappa shape index (κ3) is 2.84. The predicted molar refractivity (Wildman–Crippen MR) is 66.5 cm³/mol. The molecule has 2 rings (SSSR count). The first-order valence-electron chi connectivity index (χ1n) is 5.02. The monoisotopic (exact) mass is 296 g/mol.